The van der Waals surface area contributed by atoms with Gasteiger partial charge in [0.2, 0.25) is 12.3 Å². The minimum Gasteiger partial charge on any atom is -1.00 e. The maximum atomic E-state index is 12.1. The maximum absolute atomic E-state index is 12.1. The lowest BCUT2D eigenvalue weighted by Gasteiger charge is -2.02. The minimum absolute atomic E-state index is 0. The number of aromatic carboxylic acids is 1. The van der Waals surface area contributed by atoms with Crippen LogP contribution < -0.4 is 26.3 Å². The van der Waals surface area contributed by atoms with E-state index in [0.717, 1.165) is 0 Å². The van der Waals surface area contributed by atoms with Crippen LogP contribution in [0, 0.1) is 0 Å². The van der Waals surface area contributed by atoms with Crippen LogP contribution in [-0.4, -0.2) is 24.0 Å². The molecular weight excluding hydrogens is 338 g/mol. The molecule has 1 aromatic carbocycles. The second-order valence-electron chi connectivity index (χ2n) is 4.23. The van der Waals surface area contributed by atoms with E-state index in [9.17, 15) is 9.59 Å². The predicted octanol–water partition coefficient (Wildman–Crippen LogP) is -1.43. The van der Waals surface area contributed by atoms with Gasteiger partial charge >= 0.3 is 5.97 Å². The van der Waals surface area contributed by atoms with Crippen molar-refractivity contribution in [1.29, 1.82) is 0 Å². The highest BCUT2D eigenvalue weighted by atomic mass is 79.9. The number of hydrogen-bond donors (Lipinski definition) is 1. The molecule has 5 nitrogen and oxygen atoms in total. The lowest BCUT2D eigenvalue weighted by molar-refractivity contribution is -0.683. The number of halogens is 1. The first-order chi connectivity index (χ1) is 9.60. The number of ether oxygens (including phenoxy) is 1. The fourth-order valence-corrected chi connectivity index (χ4v) is 1.80. The van der Waals surface area contributed by atoms with Crippen LogP contribution in [0.3, 0.4) is 0 Å². The molecule has 2 aromatic rings. The van der Waals surface area contributed by atoms with Gasteiger partial charge in [-0.05, 0) is 18.2 Å². The number of carbonyl (C=O) groups excluding carboxylic acids is 1. The van der Waals surface area contributed by atoms with E-state index in [4.69, 9.17) is 9.84 Å². The summed E-state index contributed by atoms with van der Waals surface area (Å²) in [5, 5.41) is 8.91. The van der Waals surface area contributed by atoms with Gasteiger partial charge in [-0.15, -0.1) is 0 Å². The zero-order valence-corrected chi connectivity index (χ0v) is 12.9. The van der Waals surface area contributed by atoms with Gasteiger partial charge in [-0.2, -0.15) is 4.57 Å². The first-order valence-electron chi connectivity index (χ1n) is 6.00. The van der Waals surface area contributed by atoms with Gasteiger partial charge in [-0.1, -0.05) is 12.1 Å². The van der Waals surface area contributed by atoms with Gasteiger partial charge in [0.15, 0.2) is 12.4 Å². The summed E-state index contributed by atoms with van der Waals surface area (Å²) in [5.41, 5.74) is 0.670. The number of hydrogen-bond acceptors (Lipinski definition) is 3. The number of benzene rings is 1. The average Bonchev–Trinajstić information content (AvgIpc) is 2.47. The van der Waals surface area contributed by atoms with Gasteiger partial charge in [0, 0.05) is 11.6 Å². The number of carbonyl (C=O) groups is 2. The van der Waals surface area contributed by atoms with Crippen LogP contribution in [0.2, 0.25) is 0 Å². The molecule has 0 unspecified atom stereocenters. The molecule has 0 saturated heterocycles. The summed E-state index contributed by atoms with van der Waals surface area (Å²) >= 11 is 0. The molecule has 6 heteroatoms. The van der Waals surface area contributed by atoms with Crippen LogP contribution in [0.1, 0.15) is 20.7 Å². The van der Waals surface area contributed by atoms with E-state index < -0.39 is 5.97 Å². The molecule has 0 aliphatic heterocycles. The highest BCUT2D eigenvalue weighted by Crippen LogP contribution is 2.12. The molecule has 21 heavy (non-hydrogen) atoms. The first-order valence-corrected chi connectivity index (χ1v) is 6.00. The predicted molar refractivity (Wildman–Crippen MR) is 70.9 cm³/mol. The van der Waals surface area contributed by atoms with Crippen molar-refractivity contribution in [3.8, 4) is 5.75 Å². The molecule has 0 aliphatic rings. The van der Waals surface area contributed by atoms with Crippen molar-refractivity contribution >= 4 is 11.8 Å². The highest BCUT2D eigenvalue weighted by molar-refractivity contribution is 5.95. The topological polar surface area (TPSA) is 67.5 Å². The molecule has 0 spiro atoms. The molecule has 0 amide bonds. The summed E-state index contributed by atoms with van der Waals surface area (Å²) in [7, 11) is 1.54. The van der Waals surface area contributed by atoms with Crippen molar-refractivity contribution in [2.24, 2.45) is 0 Å². The summed E-state index contributed by atoms with van der Waals surface area (Å²) < 4.78 is 6.62. The standard InChI is InChI=1S/C15H13NO4.BrH/c1-20-13-6-2-4-11(8-13)14(17)10-16-7-3-5-12(9-16)15(18)19;/h2-9H,10H2,1H3;1H. The molecule has 0 bridgehead atoms. The van der Waals surface area contributed by atoms with Gasteiger partial charge < -0.3 is 26.8 Å². The number of ketones is 1. The maximum Gasteiger partial charge on any atom is 0.341 e. The normalized spacial score (nSPS) is 9.57. The van der Waals surface area contributed by atoms with Crippen LogP contribution in [0.25, 0.3) is 0 Å². The van der Waals surface area contributed by atoms with E-state index in [1.54, 1.807) is 41.1 Å². The lowest BCUT2D eigenvalue weighted by atomic mass is 10.1. The summed E-state index contributed by atoms with van der Waals surface area (Å²) in [6.07, 6.45) is 3.09. The third-order valence-electron chi connectivity index (χ3n) is 2.82. The van der Waals surface area contributed by atoms with Crippen LogP contribution >= 0.6 is 0 Å². The number of rotatable bonds is 5. The lowest BCUT2D eigenvalue weighted by Crippen LogP contribution is -3.00. The van der Waals surface area contributed by atoms with E-state index in [0.29, 0.717) is 11.3 Å². The fraction of sp³-hybridized carbons (Fsp3) is 0.133. The van der Waals surface area contributed by atoms with Crippen LogP contribution in [-0.2, 0) is 6.54 Å². The third-order valence-corrected chi connectivity index (χ3v) is 2.82. The number of methoxy groups -OCH3 is 1. The minimum atomic E-state index is -1.02. The van der Waals surface area contributed by atoms with Gasteiger partial charge in [0.25, 0.3) is 0 Å². The van der Waals surface area contributed by atoms with E-state index >= 15 is 0 Å². The number of carboxylic acids is 1. The Labute approximate surface area is 132 Å². The summed E-state index contributed by atoms with van der Waals surface area (Å²) in [6.45, 7) is 0.0777. The molecule has 1 N–H and O–H groups in total. The SMILES string of the molecule is COc1cccc(C(=O)C[n+]2cccc(C(=O)O)c2)c1.[Br-]. The Balaban J connectivity index is 0.00000220. The molecule has 0 radical (unpaired) electrons. The smallest absolute Gasteiger partial charge is 0.341 e. The summed E-state index contributed by atoms with van der Waals surface area (Å²) in [4.78, 5) is 23.0. The largest absolute Gasteiger partial charge is 1.00 e. The highest BCUT2D eigenvalue weighted by Gasteiger charge is 2.15. The third kappa shape index (κ3) is 4.39. The molecule has 0 fully saturated rings. The van der Waals surface area contributed by atoms with E-state index in [1.165, 1.54) is 19.4 Å². The van der Waals surface area contributed by atoms with E-state index in [1.807, 2.05) is 0 Å². The van der Waals surface area contributed by atoms with E-state index in [2.05, 4.69) is 0 Å². The Bertz CT molecular complexity index is 658. The molecule has 2 rings (SSSR count). The molecule has 0 aliphatic carbocycles. The molecule has 0 atom stereocenters. The van der Waals surface area contributed by atoms with E-state index in [-0.39, 0.29) is 34.9 Å². The van der Waals surface area contributed by atoms with Crippen LogP contribution in [0.4, 0.5) is 0 Å². The summed E-state index contributed by atoms with van der Waals surface area (Å²) in [6, 6.07) is 9.94. The zero-order chi connectivity index (χ0) is 14.5. The molecule has 110 valence electrons. The number of carboxylic acid groups (broad SMARTS) is 1. The summed E-state index contributed by atoms with van der Waals surface area (Å²) in [5.74, 6) is -0.523. The van der Waals surface area contributed by atoms with Crippen LogP contribution in [0.5, 0.6) is 5.75 Å². The van der Waals surface area contributed by atoms with Gasteiger partial charge in [0.1, 0.15) is 11.3 Å². The average molecular weight is 352 g/mol. The molecule has 0 saturated carbocycles. The molecule has 1 aromatic heterocycles. The molecular formula is C15H14BrNO4. The van der Waals surface area contributed by atoms with Crippen LogP contribution in [0.15, 0.2) is 48.8 Å². The number of nitrogens with zero attached hydrogens (tertiary/aromatic N) is 1. The number of Topliss-reactive ketones (excluding diaryl/α,β-unsaturated/α-hetero) is 1. The number of pyridine rings is 1. The Morgan fingerprint density at radius 2 is 1.90 bits per heavy atom. The van der Waals surface area contributed by atoms with Crippen molar-refractivity contribution in [2.75, 3.05) is 7.11 Å². The van der Waals surface area contributed by atoms with Gasteiger partial charge in [0.05, 0.1) is 7.11 Å². The Morgan fingerprint density at radius 3 is 2.57 bits per heavy atom. The second kappa shape index (κ2) is 7.54. The van der Waals surface area contributed by atoms with Crippen molar-refractivity contribution in [3.63, 3.8) is 0 Å². The Kier molecular flexibility index (Phi) is 6.05. The van der Waals surface area contributed by atoms with Crippen molar-refractivity contribution in [1.82, 2.24) is 0 Å². The Hall–Kier alpha value is -2.21. The van der Waals surface area contributed by atoms with Gasteiger partial charge in [-0.3, -0.25) is 4.79 Å². The zero-order valence-electron chi connectivity index (χ0n) is 11.3. The molecule has 1 heterocycles. The Morgan fingerprint density at radius 1 is 1.19 bits per heavy atom. The van der Waals surface area contributed by atoms with Crippen molar-refractivity contribution < 1.29 is 41.0 Å². The first kappa shape index (κ1) is 16.8. The number of aromatic nitrogens is 1. The quantitative estimate of drug-likeness (QED) is 0.529. The van der Waals surface area contributed by atoms with Crippen molar-refractivity contribution in [2.45, 2.75) is 6.54 Å². The van der Waals surface area contributed by atoms with Gasteiger partial charge in [-0.25, -0.2) is 4.79 Å². The fourth-order valence-electron chi connectivity index (χ4n) is 1.80. The monoisotopic (exact) mass is 351 g/mol. The van der Waals surface area contributed by atoms with Crippen molar-refractivity contribution in [3.05, 3.63) is 59.9 Å². The second-order valence-corrected chi connectivity index (χ2v) is 4.23.